The van der Waals surface area contributed by atoms with Crippen molar-refractivity contribution in [1.29, 1.82) is 0 Å². The van der Waals surface area contributed by atoms with E-state index in [0.717, 1.165) is 5.01 Å². The molecule has 3 aromatic heterocycles. The number of rotatable bonds is 4. The maximum atomic E-state index is 12.0. The summed E-state index contributed by atoms with van der Waals surface area (Å²) in [5, 5.41) is 2.62. The molecule has 0 N–H and O–H groups in total. The van der Waals surface area contributed by atoms with E-state index < -0.39 is 5.97 Å². The smallest absolute Gasteiger partial charge is 0.340 e. The van der Waals surface area contributed by atoms with Gasteiger partial charge in [0.15, 0.2) is 6.10 Å². The molecule has 106 valence electrons. The van der Waals surface area contributed by atoms with Crippen LogP contribution in [0.15, 0.2) is 48.6 Å². The van der Waals surface area contributed by atoms with Crippen molar-refractivity contribution in [2.24, 2.45) is 0 Å². The van der Waals surface area contributed by atoms with Crippen molar-refractivity contribution in [2.45, 2.75) is 13.0 Å². The van der Waals surface area contributed by atoms with Crippen LogP contribution >= 0.6 is 11.3 Å². The van der Waals surface area contributed by atoms with Crippen LogP contribution in [0.1, 0.15) is 28.4 Å². The number of carbonyl (C=O) groups excluding carboxylic acids is 1. The number of esters is 1. The van der Waals surface area contributed by atoms with E-state index in [1.54, 1.807) is 48.5 Å². The molecular weight excluding hydrogens is 288 g/mol. The molecule has 0 saturated carbocycles. The van der Waals surface area contributed by atoms with E-state index in [1.807, 2.05) is 5.38 Å². The van der Waals surface area contributed by atoms with Gasteiger partial charge in [0.05, 0.1) is 5.56 Å². The Bertz CT molecular complexity index is 708. The Morgan fingerprint density at radius 3 is 2.86 bits per heavy atom. The Balaban J connectivity index is 1.70. The summed E-state index contributed by atoms with van der Waals surface area (Å²) in [4.78, 5) is 24.3. The number of hydrogen-bond acceptors (Lipinski definition) is 6. The van der Waals surface area contributed by atoms with Gasteiger partial charge in [0.25, 0.3) is 0 Å². The molecule has 0 amide bonds. The molecule has 0 aliphatic rings. The molecule has 3 rings (SSSR count). The van der Waals surface area contributed by atoms with Crippen molar-refractivity contribution >= 4 is 17.3 Å². The lowest BCUT2D eigenvalue weighted by molar-refractivity contribution is 0.0337. The third kappa shape index (κ3) is 2.97. The summed E-state index contributed by atoms with van der Waals surface area (Å²) < 4.78 is 7.12. The topological polar surface area (TPSA) is 69.9 Å². The van der Waals surface area contributed by atoms with Crippen LogP contribution in [-0.4, -0.2) is 25.5 Å². The lowest BCUT2D eigenvalue weighted by Gasteiger charge is -2.10. The average molecular weight is 300 g/mol. The molecule has 0 fully saturated rings. The molecule has 0 aliphatic carbocycles. The van der Waals surface area contributed by atoms with Gasteiger partial charge in [-0.1, -0.05) is 0 Å². The van der Waals surface area contributed by atoms with Crippen LogP contribution in [0.4, 0.5) is 0 Å². The normalized spacial score (nSPS) is 12.0. The van der Waals surface area contributed by atoms with Gasteiger partial charge >= 0.3 is 5.97 Å². The zero-order valence-electron chi connectivity index (χ0n) is 11.2. The molecule has 0 unspecified atom stereocenters. The van der Waals surface area contributed by atoms with Crippen molar-refractivity contribution in [3.8, 4) is 5.82 Å². The molecule has 0 bridgehead atoms. The number of thiazole rings is 1. The molecule has 3 heterocycles. The highest BCUT2D eigenvalue weighted by Gasteiger charge is 2.15. The van der Waals surface area contributed by atoms with Crippen LogP contribution in [-0.2, 0) is 4.74 Å². The molecule has 6 nitrogen and oxygen atoms in total. The molecule has 7 heteroatoms. The maximum Gasteiger partial charge on any atom is 0.340 e. The second-order valence-corrected chi connectivity index (χ2v) is 5.22. The summed E-state index contributed by atoms with van der Waals surface area (Å²) in [5.41, 5.74) is 0.405. The fraction of sp³-hybridized carbons (Fsp3) is 0.143. The first-order valence-corrected chi connectivity index (χ1v) is 7.17. The molecule has 0 radical (unpaired) electrons. The minimum absolute atomic E-state index is 0.370. The van der Waals surface area contributed by atoms with Gasteiger partial charge in [0, 0.05) is 30.2 Å². The van der Waals surface area contributed by atoms with Crippen LogP contribution in [0.5, 0.6) is 0 Å². The van der Waals surface area contributed by atoms with E-state index in [0.29, 0.717) is 11.4 Å². The van der Waals surface area contributed by atoms with Gasteiger partial charge in [0.2, 0.25) is 0 Å². The summed E-state index contributed by atoms with van der Waals surface area (Å²) in [7, 11) is 0. The molecule has 0 spiro atoms. The van der Waals surface area contributed by atoms with E-state index in [-0.39, 0.29) is 6.10 Å². The Kier molecular flexibility index (Phi) is 3.74. The van der Waals surface area contributed by atoms with Gasteiger partial charge in [-0.25, -0.2) is 19.7 Å². The summed E-state index contributed by atoms with van der Waals surface area (Å²) in [6.07, 6.45) is 7.90. The minimum atomic E-state index is -0.414. The first-order chi connectivity index (χ1) is 10.2. The lowest BCUT2D eigenvalue weighted by atomic mass is 10.3. The minimum Gasteiger partial charge on any atom is -0.452 e. The Morgan fingerprint density at radius 1 is 1.33 bits per heavy atom. The highest BCUT2D eigenvalue weighted by molar-refractivity contribution is 7.09. The number of nitrogens with zero attached hydrogens (tertiary/aromatic N) is 4. The Hall–Kier alpha value is -2.54. The molecule has 0 saturated heterocycles. The zero-order chi connectivity index (χ0) is 14.7. The molecule has 0 aromatic carbocycles. The first-order valence-electron chi connectivity index (χ1n) is 6.29. The van der Waals surface area contributed by atoms with E-state index in [1.165, 1.54) is 17.5 Å². The highest BCUT2D eigenvalue weighted by Crippen LogP contribution is 2.20. The number of hydrogen-bond donors (Lipinski definition) is 0. The third-order valence-electron chi connectivity index (χ3n) is 2.84. The van der Waals surface area contributed by atoms with Crippen molar-refractivity contribution in [1.82, 2.24) is 19.5 Å². The third-order valence-corrected chi connectivity index (χ3v) is 3.77. The van der Waals surface area contributed by atoms with Crippen LogP contribution in [0.25, 0.3) is 5.82 Å². The van der Waals surface area contributed by atoms with Gasteiger partial charge in [-0.3, -0.25) is 4.57 Å². The van der Waals surface area contributed by atoms with E-state index in [2.05, 4.69) is 15.0 Å². The maximum absolute atomic E-state index is 12.0. The van der Waals surface area contributed by atoms with Crippen molar-refractivity contribution in [3.05, 3.63) is 59.2 Å². The van der Waals surface area contributed by atoms with E-state index in [9.17, 15) is 4.79 Å². The molecule has 1 atom stereocenters. The second kappa shape index (κ2) is 5.84. The quantitative estimate of drug-likeness (QED) is 0.693. The van der Waals surface area contributed by atoms with Gasteiger partial charge in [0.1, 0.15) is 17.2 Å². The molecule has 0 aliphatic heterocycles. The summed E-state index contributed by atoms with van der Waals surface area (Å²) in [6, 6.07) is 3.42. The van der Waals surface area contributed by atoms with Crippen LogP contribution in [0.2, 0.25) is 0 Å². The number of aromatic nitrogens is 4. The van der Waals surface area contributed by atoms with Crippen molar-refractivity contribution < 1.29 is 9.53 Å². The fourth-order valence-corrected chi connectivity index (χ4v) is 2.39. The number of imidazole rings is 1. The molecular formula is C14H12N4O2S. The van der Waals surface area contributed by atoms with Crippen molar-refractivity contribution in [3.63, 3.8) is 0 Å². The highest BCUT2D eigenvalue weighted by atomic mass is 32.1. The zero-order valence-corrected chi connectivity index (χ0v) is 12.0. The summed E-state index contributed by atoms with van der Waals surface area (Å²) in [6.45, 7) is 1.80. The number of ether oxygens (including phenoxy) is 1. The van der Waals surface area contributed by atoms with Gasteiger partial charge < -0.3 is 4.74 Å². The van der Waals surface area contributed by atoms with Gasteiger partial charge in [-0.15, -0.1) is 11.3 Å². The largest absolute Gasteiger partial charge is 0.452 e. The first kappa shape index (κ1) is 13.4. The predicted molar refractivity (Wildman–Crippen MR) is 77.3 cm³/mol. The van der Waals surface area contributed by atoms with Crippen LogP contribution in [0.3, 0.4) is 0 Å². The number of pyridine rings is 1. The summed E-state index contributed by atoms with van der Waals surface area (Å²) in [5.74, 6) is 0.277. The monoisotopic (exact) mass is 300 g/mol. The van der Waals surface area contributed by atoms with Gasteiger partial charge in [-0.05, 0) is 19.1 Å². The summed E-state index contributed by atoms with van der Waals surface area (Å²) >= 11 is 1.45. The van der Waals surface area contributed by atoms with E-state index in [4.69, 9.17) is 4.74 Å². The average Bonchev–Trinajstić information content (AvgIpc) is 3.20. The van der Waals surface area contributed by atoms with Crippen LogP contribution in [0, 0.1) is 0 Å². The SMILES string of the molecule is C[C@H](OC(=O)c1ccc(-n2ccnc2)nc1)c1nccs1. The molecule has 21 heavy (non-hydrogen) atoms. The standard InChI is InChI=1S/C14H12N4O2S/c1-10(13-16-5-7-21-13)20-14(19)11-2-3-12(17-8-11)18-6-4-15-9-18/h2-10H,1H3/t10-/m0/s1. The predicted octanol–water partition coefficient (Wildman–Crippen LogP) is 2.64. The Labute approximate surface area is 125 Å². The molecule has 3 aromatic rings. The van der Waals surface area contributed by atoms with E-state index >= 15 is 0 Å². The van der Waals surface area contributed by atoms with Crippen LogP contribution < -0.4 is 0 Å². The number of carbonyl (C=O) groups is 1. The van der Waals surface area contributed by atoms with Gasteiger partial charge in [-0.2, -0.15) is 0 Å². The second-order valence-electron chi connectivity index (χ2n) is 4.29. The van der Waals surface area contributed by atoms with Crippen molar-refractivity contribution in [2.75, 3.05) is 0 Å². The Morgan fingerprint density at radius 2 is 2.24 bits per heavy atom. The lowest BCUT2D eigenvalue weighted by Crippen LogP contribution is -2.09. The fourth-order valence-electron chi connectivity index (χ4n) is 1.77.